The van der Waals surface area contributed by atoms with Crippen LogP contribution in [0.4, 0.5) is 11.6 Å². The maximum absolute atomic E-state index is 11.6. The lowest BCUT2D eigenvalue weighted by Crippen LogP contribution is -1.94. The number of furan rings is 1. The normalized spacial score (nSPS) is 12.1. The third kappa shape index (κ3) is 3.68. The Kier molecular flexibility index (Phi) is 5.05. The average Bonchev–Trinajstić information content (AvgIpc) is 3.47. The quantitative estimate of drug-likeness (QED) is 0.219. The first-order chi connectivity index (χ1) is 16.2. The molecule has 0 saturated heterocycles. The van der Waals surface area contributed by atoms with Crippen LogP contribution in [0.1, 0.15) is 11.1 Å². The Bertz CT molecular complexity index is 1420. The number of nitro benzene ring substituents is 1. The molecule has 0 radical (unpaired) electrons. The molecule has 4 aromatic rings. The van der Waals surface area contributed by atoms with Crippen molar-refractivity contribution in [1.29, 1.82) is 5.26 Å². The monoisotopic (exact) mass is 437 g/mol. The third-order valence-electron chi connectivity index (χ3n) is 5.14. The van der Waals surface area contributed by atoms with E-state index in [0.29, 0.717) is 22.8 Å². The van der Waals surface area contributed by atoms with Gasteiger partial charge in [-0.2, -0.15) is 5.26 Å². The number of nitrogens with zero attached hydrogens (tertiary/aromatic N) is 3. The van der Waals surface area contributed by atoms with Gasteiger partial charge in [0.1, 0.15) is 17.4 Å². The molecule has 0 N–H and O–H groups in total. The fourth-order valence-corrected chi connectivity index (χ4v) is 3.62. The molecule has 0 atom stereocenters. The van der Waals surface area contributed by atoms with Crippen LogP contribution >= 0.6 is 0 Å². The minimum absolute atomic E-state index is 0.00921. The maximum Gasteiger partial charge on any atom is 0.282 e. The molecule has 0 saturated carbocycles. The summed E-state index contributed by atoms with van der Waals surface area (Å²) in [6.45, 7) is -0.00921. The summed E-state index contributed by atoms with van der Waals surface area (Å²) in [6, 6.07) is 23.7. The molecule has 5 rings (SSSR count). The number of rotatable bonds is 5. The molecule has 2 heterocycles. The van der Waals surface area contributed by atoms with Crippen LogP contribution in [-0.4, -0.2) is 17.9 Å². The molecule has 0 fully saturated rings. The molecule has 8 heteroatoms. The van der Waals surface area contributed by atoms with Crippen LogP contribution in [0, 0.1) is 21.4 Å². The number of hydrogen-bond donors (Lipinski definition) is 0. The Morgan fingerprint density at radius 1 is 0.970 bits per heavy atom. The van der Waals surface area contributed by atoms with Crippen LogP contribution in [-0.2, 0) is 0 Å². The molecule has 0 aliphatic carbocycles. The highest BCUT2D eigenvalue weighted by atomic mass is 16.7. The average molecular weight is 437 g/mol. The minimum atomic E-state index is -0.526. The van der Waals surface area contributed by atoms with Gasteiger partial charge in [-0.05, 0) is 11.6 Å². The molecule has 160 valence electrons. The fourth-order valence-electron chi connectivity index (χ4n) is 3.62. The third-order valence-corrected chi connectivity index (χ3v) is 5.14. The molecule has 3 aromatic carbocycles. The van der Waals surface area contributed by atoms with Crippen molar-refractivity contribution >= 4 is 17.8 Å². The van der Waals surface area contributed by atoms with Gasteiger partial charge in [-0.15, -0.1) is 0 Å². The van der Waals surface area contributed by atoms with Gasteiger partial charge in [0.15, 0.2) is 11.5 Å². The van der Waals surface area contributed by atoms with Crippen molar-refractivity contribution in [2.75, 3.05) is 6.79 Å². The molecular weight excluding hydrogens is 422 g/mol. The van der Waals surface area contributed by atoms with E-state index >= 15 is 0 Å². The Morgan fingerprint density at radius 2 is 1.61 bits per heavy atom. The Hall–Kier alpha value is -4.90. The van der Waals surface area contributed by atoms with Gasteiger partial charge in [-0.3, -0.25) is 10.1 Å². The lowest BCUT2D eigenvalue weighted by molar-refractivity contribution is -0.385. The summed E-state index contributed by atoms with van der Waals surface area (Å²) in [5, 5.41) is 21.5. The molecule has 1 aliphatic heterocycles. The molecule has 1 aromatic heterocycles. The lowest BCUT2D eigenvalue weighted by Gasteiger charge is -2.03. The molecule has 0 amide bonds. The first-order valence-electron chi connectivity index (χ1n) is 9.95. The van der Waals surface area contributed by atoms with Crippen molar-refractivity contribution in [3.63, 3.8) is 0 Å². The zero-order valence-electron chi connectivity index (χ0n) is 17.1. The largest absolute Gasteiger partial charge is 0.454 e. The Morgan fingerprint density at radius 3 is 2.24 bits per heavy atom. The van der Waals surface area contributed by atoms with E-state index in [0.717, 1.165) is 11.1 Å². The number of fused-ring (bicyclic) bond motifs is 1. The summed E-state index contributed by atoms with van der Waals surface area (Å²) < 4.78 is 16.6. The van der Waals surface area contributed by atoms with E-state index in [1.807, 2.05) is 60.7 Å². The van der Waals surface area contributed by atoms with Gasteiger partial charge < -0.3 is 13.9 Å². The number of ether oxygens (including phenoxy) is 2. The van der Waals surface area contributed by atoms with E-state index in [9.17, 15) is 15.4 Å². The van der Waals surface area contributed by atoms with E-state index in [-0.39, 0.29) is 29.5 Å². The first-order valence-corrected chi connectivity index (χ1v) is 9.95. The van der Waals surface area contributed by atoms with E-state index in [2.05, 4.69) is 11.1 Å². The molecule has 0 spiro atoms. The van der Waals surface area contributed by atoms with Gasteiger partial charge in [0.25, 0.3) is 5.69 Å². The number of hydrogen-bond acceptors (Lipinski definition) is 7. The fraction of sp³-hybridized carbons (Fsp3) is 0.0400. The predicted molar refractivity (Wildman–Crippen MR) is 121 cm³/mol. The second kappa shape index (κ2) is 8.32. The van der Waals surface area contributed by atoms with Gasteiger partial charge in [0.05, 0.1) is 16.6 Å². The smallest absolute Gasteiger partial charge is 0.282 e. The van der Waals surface area contributed by atoms with Crippen molar-refractivity contribution in [2.24, 2.45) is 4.99 Å². The van der Waals surface area contributed by atoms with E-state index in [4.69, 9.17) is 13.9 Å². The van der Waals surface area contributed by atoms with Gasteiger partial charge in [-0.1, -0.05) is 60.7 Å². The maximum atomic E-state index is 11.6. The summed E-state index contributed by atoms with van der Waals surface area (Å²) >= 11 is 0. The minimum Gasteiger partial charge on any atom is -0.454 e. The SMILES string of the molecule is N#Cc1c(N=Cc2cc3c(cc2[N+](=O)[O-])OCO3)oc(-c2ccccc2)c1-c1ccccc1. The molecule has 0 unspecified atom stereocenters. The van der Waals surface area contributed by atoms with Crippen molar-refractivity contribution in [3.05, 3.63) is 94.0 Å². The first kappa shape index (κ1) is 20.0. The zero-order chi connectivity index (χ0) is 22.8. The van der Waals surface area contributed by atoms with Crippen LogP contribution in [0.3, 0.4) is 0 Å². The van der Waals surface area contributed by atoms with Gasteiger partial charge in [0.2, 0.25) is 12.7 Å². The summed E-state index contributed by atoms with van der Waals surface area (Å²) in [6.07, 6.45) is 1.29. The second-order valence-electron chi connectivity index (χ2n) is 7.11. The van der Waals surface area contributed by atoms with Crippen LogP contribution in [0.5, 0.6) is 11.5 Å². The standard InChI is InChI=1S/C25H15N3O5/c26-13-19-23(16-7-3-1-4-8-16)24(17-9-5-2-6-10-17)33-25(19)27-14-18-11-21-22(32-15-31-21)12-20(18)28(29)30/h1-12,14H,15H2. The summed E-state index contributed by atoms with van der Waals surface area (Å²) in [4.78, 5) is 15.4. The second-order valence-corrected chi connectivity index (χ2v) is 7.11. The van der Waals surface area contributed by atoms with Crippen LogP contribution in [0.2, 0.25) is 0 Å². The van der Waals surface area contributed by atoms with Crippen molar-refractivity contribution in [1.82, 2.24) is 0 Å². The van der Waals surface area contributed by atoms with E-state index in [1.54, 1.807) is 0 Å². The highest BCUT2D eigenvalue weighted by molar-refractivity contribution is 5.92. The Balaban J connectivity index is 1.66. The predicted octanol–water partition coefficient (Wildman–Crippen LogP) is 5.87. The van der Waals surface area contributed by atoms with Gasteiger partial charge in [-0.25, -0.2) is 4.99 Å². The van der Waals surface area contributed by atoms with Gasteiger partial charge >= 0.3 is 0 Å². The van der Waals surface area contributed by atoms with Crippen LogP contribution in [0.25, 0.3) is 22.5 Å². The van der Waals surface area contributed by atoms with Crippen molar-refractivity contribution < 1.29 is 18.8 Å². The highest BCUT2D eigenvalue weighted by Crippen LogP contribution is 2.43. The number of aliphatic imine (C=N–C) groups is 1. The molecule has 0 bridgehead atoms. The Labute approximate surface area is 188 Å². The molecule has 8 nitrogen and oxygen atoms in total. The van der Waals surface area contributed by atoms with E-state index < -0.39 is 4.92 Å². The lowest BCUT2D eigenvalue weighted by atomic mass is 9.98. The summed E-state index contributed by atoms with van der Waals surface area (Å²) in [5.74, 6) is 1.23. The number of benzene rings is 3. The van der Waals surface area contributed by atoms with Crippen LogP contribution < -0.4 is 9.47 Å². The number of nitro groups is 1. The van der Waals surface area contributed by atoms with Gasteiger partial charge in [0, 0.05) is 17.3 Å². The summed E-state index contributed by atoms with van der Waals surface area (Å²) in [5.41, 5.74) is 2.43. The zero-order valence-corrected chi connectivity index (χ0v) is 17.1. The highest BCUT2D eigenvalue weighted by Gasteiger charge is 2.25. The summed E-state index contributed by atoms with van der Waals surface area (Å²) in [7, 11) is 0. The van der Waals surface area contributed by atoms with E-state index in [1.165, 1.54) is 18.3 Å². The van der Waals surface area contributed by atoms with Crippen molar-refractivity contribution in [3.8, 4) is 40.0 Å². The topological polar surface area (TPSA) is 111 Å². The molecular formula is C25H15N3O5. The number of nitriles is 1. The molecule has 1 aliphatic rings. The van der Waals surface area contributed by atoms with Crippen LogP contribution in [0.15, 0.2) is 82.2 Å². The molecule has 33 heavy (non-hydrogen) atoms. The van der Waals surface area contributed by atoms with Crippen molar-refractivity contribution in [2.45, 2.75) is 0 Å².